The highest BCUT2D eigenvalue weighted by molar-refractivity contribution is 8.00. The molecule has 1 nitrogen and oxygen atoms in total. The fraction of sp³-hybridized carbons (Fsp3) is 0.538. The Hall–Kier alpha value is -0.180. The molecule has 90 valence electrons. The first-order valence-electron chi connectivity index (χ1n) is 5.80. The van der Waals surface area contributed by atoms with Crippen LogP contribution in [0.25, 0.3) is 0 Å². The van der Waals surface area contributed by atoms with E-state index in [1.807, 2.05) is 23.9 Å². The number of hydrogen-bond donors (Lipinski definition) is 1. The standard InChI is InChI=1S/C13H20ClNS/c1-4-8-15-9-11-12(14)6-5-7-13(11)16-10(2)3/h5-7,10,15H,4,8-9H2,1-3H3. The van der Waals surface area contributed by atoms with E-state index in [1.165, 1.54) is 10.5 Å². The number of benzene rings is 1. The van der Waals surface area contributed by atoms with Crippen molar-refractivity contribution >= 4 is 23.4 Å². The van der Waals surface area contributed by atoms with Gasteiger partial charge in [-0.1, -0.05) is 38.4 Å². The molecular formula is C13H20ClNS. The molecule has 1 N–H and O–H groups in total. The van der Waals surface area contributed by atoms with E-state index in [4.69, 9.17) is 11.6 Å². The third-order valence-corrected chi connectivity index (χ3v) is 3.63. The Bertz CT molecular complexity index is 326. The van der Waals surface area contributed by atoms with Gasteiger partial charge in [0, 0.05) is 21.7 Å². The van der Waals surface area contributed by atoms with E-state index in [0.29, 0.717) is 5.25 Å². The Morgan fingerprint density at radius 2 is 2.12 bits per heavy atom. The van der Waals surface area contributed by atoms with Crippen LogP contribution < -0.4 is 5.32 Å². The number of halogens is 1. The molecule has 1 rings (SSSR count). The number of hydrogen-bond acceptors (Lipinski definition) is 2. The first kappa shape index (κ1) is 13.9. The van der Waals surface area contributed by atoms with Crippen molar-refractivity contribution in [3.8, 4) is 0 Å². The number of thioether (sulfide) groups is 1. The highest BCUT2D eigenvalue weighted by Crippen LogP contribution is 2.30. The number of nitrogens with one attached hydrogen (secondary N) is 1. The summed E-state index contributed by atoms with van der Waals surface area (Å²) >= 11 is 8.11. The Kier molecular flexibility index (Phi) is 6.25. The predicted octanol–water partition coefficient (Wildman–Crippen LogP) is 4.34. The van der Waals surface area contributed by atoms with Crippen LogP contribution in [0.2, 0.25) is 5.02 Å². The van der Waals surface area contributed by atoms with Crippen LogP contribution in [0.15, 0.2) is 23.1 Å². The van der Waals surface area contributed by atoms with Crippen LogP contribution >= 0.6 is 23.4 Å². The molecule has 0 spiro atoms. The molecule has 1 aromatic carbocycles. The molecule has 0 fully saturated rings. The maximum Gasteiger partial charge on any atom is 0.0462 e. The van der Waals surface area contributed by atoms with Crippen molar-refractivity contribution in [1.29, 1.82) is 0 Å². The van der Waals surface area contributed by atoms with Crippen molar-refractivity contribution in [2.75, 3.05) is 6.54 Å². The van der Waals surface area contributed by atoms with Gasteiger partial charge in [0.05, 0.1) is 0 Å². The van der Waals surface area contributed by atoms with Gasteiger partial charge in [0.1, 0.15) is 0 Å². The van der Waals surface area contributed by atoms with E-state index >= 15 is 0 Å². The lowest BCUT2D eigenvalue weighted by atomic mass is 10.2. The van der Waals surface area contributed by atoms with Crippen LogP contribution in [-0.4, -0.2) is 11.8 Å². The molecule has 0 bridgehead atoms. The largest absolute Gasteiger partial charge is 0.313 e. The summed E-state index contributed by atoms with van der Waals surface area (Å²) in [6, 6.07) is 6.14. The fourth-order valence-electron chi connectivity index (χ4n) is 1.46. The van der Waals surface area contributed by atoms with Gasteiger partial charge in [0.2, 0.25) is 0 Å². The average molecular weight is 258 g/mol. The minimum atomic E-state index is 0.586. The summed E-state index contributed by atoms with van der Waals surface area (Å²) in [4.78, 5) is 1.30. The molecule has 0 aliphatic rings. The van der Waals surface area contributed by atoms with Crippen LogP contribution in [0.4, 0.5) is 0 Å². The van der Waals surface area contributed by atoms with Gasteiger partial charge in [-0.25, -0.2) is 0 Å². The Labute approximate surface area is 108 Å². The summed E-state index contributed by atoms with van der Waals surface area (Å²) in [6.07, 6.45) is 1.15. The highest BCUT2D eigenvalue weighted by atomic mass is 35.5. The molecule has 0 saturated heterocycles. The smallest absolute Gasteiger partial charge is 0.0462 e. The molecule has 0 heterocycles. The number of rotatable bonds is 6. The topological polar surface area (TPSA) is 12.0 Å². The van der Waals surface area contributed by atoms with Gasteiger partial charge in [-0.2, -0.15) is 0 Å². The molecule has 0 aliphatic heterocycles. The summed E-state index contributed by atoms with van der Waals surface area (Å²) in [6.45, 7) is 8.48. The lowest BCUT2D eigenvalue weighted by Crippen LogP contribution is -2.14. The minimum Gasteiger partial charge on any atom is -0.313 e. The zero-order valence-corrected chi connectivity index (χ0v) is 11.8. The zero-order valence-electron chi connectivity index (χ0n) is 10.2. The molecule has 3 heteroatoms. The molecule has 0 radical (unpaired) electrons. The van der Waals surface area contributed by atoms with Crippen molar-refractivity contribution < 1.29 is 0 Å². The van der Waals surface area contributed by atoms with E-state index in [0.717, 1.165) is 24.5 Å². The molecule has 0 amide bonds. The molecule has 0 atom stereocenters. The first-order valence-corrected chi connectivity index (χ1v) is 7.05. The van der Waals surface area contributed by atoms with Crippen LogP contribution in [0.3, 0.4) is 0 Å². The SMILES string of the molecule is CCCNCc1c(Cl)cccc1SC(C)C. The predicted molar refractivity (Wildman–Crippen MR) is 74.4 cm³/mol. The van der Waals surface area contributed by atoms with Gasteiger partial charge in [-0.05, 0) is 30.7 Å². The first-order chi connectivity index (χ1) is 7.65. The molecular weight excluding hydrogens is 238 g/mol. The second-order valence-electron chi connectivity index (χ2n) is 4.06. The van der Waals surface area contributed by atoms with Gasteiger partial charge < -0.3 is 5.32 Å². The van der Waals surface area contributed by atoms with E-state index in [1.54, 1.807) is 0 Å². The van der Waals surface area contributed by atoms with Crippen LogP contribution in [-0.2, 0) is 6.54 Å². The third-order valence-electron chi connectivity index (χ3n) is 2.17. The van der Waals surface area contributed by atoms with Gasteiger partial charge in [0.15, 0.2) is 0 Å². The van der Waals surface area contributed by atoms with Crippen LogP contribution in [0, 0.1) is 0 Å². The summed E-state index contributed by atoms with van der Waals surface area (Å²) < 4.78 is 0. The van der Waals surface area contributed by atoms with E-state index in [-0.39, 0.29) is 0 Å². The quantitative estimate of drug-likeness (QED) is 0.601. The lowest BCUT2D eigenvalue weighted by Gasteiger charge is -2.13. The Morgan fingerprint density at radius 1 is 1.38 bits per heavy atom. The Balaban J connectivity index is 2.77. The normalized spacial score (nSPS) is 11.1. The molecule has 0 saturated carbocycles. The highest BCUT2D eigenvalue weighted by Gasteiger charge is 2.08. The molecule has 0 unspecified atom stereocenters. The second-order valence-corrected chi connectivity index (χ2v) is 6.09. The van der Waals surface area contributed by atoms with Crippen LogP contribution in [0.1, 0.15) is 32.8 Å². The van der Waals surface area contributed by atoms with Gasteiger partial charge in [0.25, 0.3) is 0 Å². The zero-order chi connectivity index (χ0) is 12.0. The fourth-order valence-corrected chi connectivity index (χ4v) is 2.75. The summed E-state index contributed by atoms with van der Waals surface area (Å²) in [5.74, 6) is 0. The second kappa shape index (κ2) is 7.21. The van der Waals surface area contributed by atoms with Crippen molar-refractivity contribution in [2.45, 2.75) is 43.9 Å². The maximum atomic E-state index is 6.24. The van der Waals surface area contributed by atoms with Gasteiger partial charge in [-0.3, -0.25) is 0 Å². The van der Waals surface area contributed by atoms with Crippen molar-refractivity contribution in [3.63, 3.8) is 0 Å². The maximum absolute atomic E-state index is 6.24. The summed E-state index contributed by atoms with van der Waals surface area (Å²) in [5.41, 5.74) is 1.23. The minimum absolute atomic E-state index is 0.586. The Morgan fingerprint density at radius 3 is 2.75 bits per heavy atom. The van der Waals surface area contributed by atoms with E-state index in [9.17, 15) is 0 Å². The van der Waals surface area contributed by atoms with Crippen molar-refractivity contribution in [1.82, 2.24) is 5.32 Å². The monoisotopic (exact) mass is 257 g/mol. The van der Waals surface area contributed by atoms with E-state index in [2.05, 4.69) is 32.2 Å². The molecule has 16 heavy (non-hydrogen) atoms. The van der Waals surface area contributed by atoms with Gasteiger partial charge >= 0.3 is 0 Å². The third kappa shape index (κ3) is 4.36. The average Bonchev–Trinajstić information content (AvgIpc) is 2.21. The van der Waals surface area contributed by atoms with Crippen LogP contribution in [0.5, 0.6) is 0 Å². The summed E-state index contributed by atoms with van der Waals surface area (Å²) in [5, 5.41) is 4.86. The van der Waals surface area contributed by atoms with Gasteiger partial charge in [-0.15, -0.1) is 11.8 Å². The van der Waals surface area contributed by atoms with E-state index < -0.39 is 0 Å². The molecule has 0 aliphatic carbocycles. The summed E-state index contributed by atoms with van der Waals surface area (Å²) in [7, 11) is 0. The lowest BCUT2D eigenvalue weighted by molar-refractivity contribution is 0.669. The molecule has 1 aromatic rings. The molecule has 0 aromatic heterocycles. The van der Waals surface area contributed by atoms with Crippen molar-refractivity contribution in [2.24, 2.45) is 0 Å². The van der Waals surface area contributed by atoms with Crippen molar-refractivity contribution in [3.05, 3.63) is 28.8 Å².